The van der Waals surface area contributed by atoms with Crippen LogP contribution in [0.1, 0.15) is 20.3 Å². The monoisotopic (exact) mass is 283 g/mol. The summed E-state index contributed by atoms with van der Waals surface area (Å²) in [6, 6.07) is 7.08. The molecule has 1 unspecified atom stereocenters. The Labute approximate surface area is 114 Å². The van der Waals surface area contributed by atoms with E-state index in [9.17, 15) is 8.42 Å². The van der Waals surface area contributed by atoms with E-state index >= 15 is 0 Å². The highest BCUT2D eigenvalue weighted by Gasteiger charge is 2.26. The van der Waals surface area contributed by atoms with Crippen LogP contribution in [0.25, 0.3) is 0 Å². The molecule has 0 aliphatic carbocycles. The number of hydrogen-bond donors (Lipinski definition) is 2. The van der Waals surface area contributed by atoms with Gasteiger partial charge in [0.1, 0.15) is 4.90 Å². The highest BCUT2D eigenvalue weighted by atomic mass is 32.2. The lowest BCUT2D eigenvalue weighted by molar-refractivity contribution is 0.569. The maximum Gasteiger partial charge on any atom is 0.242 e. The molecule has 1 aromatic rings. The van der Waals surface area contributed by atoms with Crippen LogP contribution in [0, 0.1) is 0 Å². The van der Waals surface area contributed by atoms with Crippen molar-refractivity contribution in [3.63, 3.8) is 0 Å². The van der Waals surface area contributed by atoms with E-state index in [2.05, 4.69) is 4.72 Å². The molecule has 0 spiro atoms. The third-order valence-electron chi connectivity index (χ3n) is 3.11. The van der Waals surface area contributed by atoms with Gasteiger partial charge in [0, 0.05) is 25.2 Å². The third kappa shape index (κ3) is 3.26. The molecule has 1 atom stereocenters. The van der Waals surface area contributed by atoms with Crippen LogP contribution in [0.3, 0.4) is 0 Å². The topological polar surface area (TPSA) is 75.4 Å². The molecule has 1 heterocycles. The molecule has 0 amide bonds. The fourth-order valence-corrected chi connectivity index (χ4v) is 3.80. The van der Waals surface area contributed by atoms with Gasteiger partial charge in [-0.3, -0.25) is 0 Å². The van der Waals surface area contributed by atoms with Gasteiger partial charge in [-0.2, -0.15) is 0 Å². The molecule has 0 aromatic heterocycles. The number of rotatable bonds is 4. The Hall–Kier alpha value is -1.11. The lowest BCUT2D eigenvalue weighted by Gasteiger charge is -2.22. The molecule has 1 aliphatic heterocycles. The van der Waals surface area contributed by atoms with Crippen molar-refractivity contribution in [2.45, 2.75) is 37.2 Å². The van der Waals surface area contributed by atoms with E-state index in [4.69, 9.17) is 5.73 Å². The number of hydrogen-bond acceptors (Lipinski definition) is 4. The molecule has 0 radical (unpaired) electrons. The first-order valence-corrected chi connectivity index (χ1v) is 8.00. The molecule has 2 rings (SSSR count). The second-order valence-corrected chi connectivity index (χ2v) is 6.92. The average molecular weight is 283 g/mol. The molecule has 106 valence electrons. The zero-order chi connectivity index (χ0) is 14.0. The largest absolute Gasteiger partial charge is 0.369 e. The molecule has 6 heteroatoms. The minimum atomic E-state index is -3.48. The van der Waals surface area contributed by atoms with Crippen LogP contribution in [0.5, 0.6) is 0 Å². The van der Waals surface area contributed by atoms with E-state index in [0.29, 0.717) is 11.4 Å². The molecule has 0 bridgehead atoms. The highest BCUT2D eigenvalue weighted by Crippen LogP contribution is 2.27. The van der Waals surface area contributed by atoms with Crippen LogP contribution in [0.15, 0.2) is 29.2 Å². The van der Waals surface area contributed by atoms with Gasteiger partial charge in [-0.25, -0.2) is 13.1 Å². The second kappa shape index (κ2) is 5.48. The number of para-hydroxylation sites is 1. The third-order valence-corrected chi connectivity index (χ3v) is 4.82. The van der Waals surface area contributed by atoms with Crippen LogP contribution in [-0.4, -0.2) is 33.6 Å². The van der Waals surface area contributed by atoms with Crippen LogP contribution < -0.4 is 15.4 Å². The highest BCUT2D eigenvalue weighted by molar-refractivity contribution is 7.89. The van der Waals surface area contributed by atoms with Crippen molar-refractivity contribution in [1.29, 1.82) is 0 Å². The van der Waals surface area contributed by atoms with Crippen molar-refractivity contribution in [2.75, 3.05) is 18.0 Å². The number of nitrogens with one attached hydrogen (secondary N) is 1. The number of nitrogens with zero attached hydrogens (tertiary/aromatic N) is 1. The SMILES string of the molecule is CC(C)NS(=O)(=O)c1ccccc1N1CCC(N)C1. The summed E-state index contributed by atoms with van der Waals surface area (Å²) >= 11 is 0. The quantitative estimate of drug-likeness (QED) is 0.861. The summed E-state index contributed by atoms with van der Waals surface area (Å²) in [7, 11) is -3.48. The van der Waals surface area contributed by atoms with Gasteiger partial charge in [0.25, 0.3) is 0 Å². The van der Waals surface area contributed by atoms with E-state index in [0.717, 1.165) is 18.7 Å². The molecule has 1 saturated heterocycles. The van der Waals surface area contributed by atoms with E-state index in [-0.39, 0.29) is 12.1 Å². The zero-order valence-corrected chi connectivity index (χ0v) is 12.2. The molecule has 0 saturated carbocycles. The maximum absolute atomic E-state index is 12.3. The van der Waals surface area contributed by atoms with Gasteiger partial charge < -0.3 is 10.6 Å². The lowest BCUT2D eigenvalue weighted by atomic mass is 10.3. The fraction of sp³-hybridized carbons (Fsp3) is 0.538. The number of benzene rings is 1. The van der Waals surface area contributed by atoms with Crippen molar-refractivity contribution in [3.8, 4) is 0 Å². The predicted molar refractivity (Wildman–Crippen MR) is 76.7 cm³/mol. The average Bonchev–Trinajstić information content (AvgIpc) is 2.74. The van der Waals surface area contributed by atoms with Gasteiger partial charge in [0.2, 0.25) is 10.0 Å². The van der Waals surface area contributed by atoms with E-state index < -0.39 is 10.0 Å². The lowest BCUT2D eigenvalue weighted by Crippen LogP contribution is -2.33. The van der Waals surface area contributed by atoms with Gasteiger partial charge in [0.15, 0.2) is 0 Å². The summed E-state index contributed by atoms with van der Waals surface area (Å²) in [6.45, 7) is 5.13. The molecule has 1 fully saturated rings. The molecule has 5 nitrogen and oxygen atoms in total. The smallest absolute Gasteiger partial charge is 0.242 e. The molecule has 1 aliphatic rings. The summed E-state index contributed by atoms with van der Waals surface area (Å²) in [5, 5.41) is 0. The van der Waals surface area contributed by atoms with Gasteiger partial charge in [-0.15, -0.1) is 0 Å². The van der Waals surface area contributed by atoms with Gasteiger partial charge in [-0.05, 0) is 32.4 Å². The van der Waals surface area contributed by atoms with Crippen LogP contribution in [0.2, 0.25) is 0 Å². The molecular formula is C13H21N3O2S. The first-order chi connectivity index (χ1) is 8.90. The summed E-state index contributed by atoms with van der Waals surface area (Å²) in [6.07, 6.45) is 0.895. The van der Waals surface area contributed by atoms with Gasteiger partial charge >= 0.3 is 0 Å². The Morgan fingerprint density at radius 2 is 2.05 bits per heavy atom. The Kier molecular flexibility index (Phi) is 4.13. The Morgan fingerprint density at radius 1 is 1.37 bits per heavy atom. The van der Waals surface area contributed by atoms with Crippen molar-refractivity contribution in [2.24, 2.45) is 5.73 Å². The van der Waals surface area contributed by atoms with Crippen molar-refractivity contribution >= 4 is 15.7 Å². The number of anilines is 1. The fourth-order valence-electron chi connectivity index (χ4n) is 2.33. The second-order valence-electron chi connectivity index (χ2n) is 5.24. The minimum Gasteiger partial charge on any atom is -0.369 e. The molecular weight excluding hydrogens is 262 g/mol. The Morgan fingerprint density at radius 3 is 2.63 bits per heavy atom. The maximum atomic E-state index is 12.3. The summed E-state index contributed by atoms with van der Waals surface area (Å²) < 4.78 is 27.3. The zero-order valence-electron chi connectivity index (χ0n) is 11.3. The Balaban J connectivity index is 2.36. The molecule has 3 N–H and O–H groups in total. The van der Waals surface area contributed by atoms with Crippen LogP contribution in [0.4, 0.5) is 5.69 Å². The van der Waals surface area contributed by atoms with E-state index in [1.807, 2.05) is 30.9 Å². The predicted octanol–water partition coefficient (Wildman–Crippen LogP) is 0.911. The standard InChI is InChI=1S/C13H21N3O2S/c1-10(2)15-19(17,18)13-6-4-3-5-12(13)16-8-7-11(14)9-16/h3-6,10-11,15H,7-9,14H2,1-2H3. The first-order valence-electron chi connectivity index (χ1n) is 6.52. The van der Waals surface area contributed by atoms with Gasteiger partial charge in [-0.1, -0.05) is 12.1 Å². The van der Waals surface area contributed by atoms with Crippen molar-refractivity contribution < 1.29 is 8.42 Å². The van der Waals surface area contributed by atoms with Crippen molar-refractivity contribution in [3.05, 3.63) is 24.3 Å². The van der Waals surface area contributed by atoms with Crippen LogP contribution in [-0.2, 0) is 10.0 Å². The summed E-state index contributed by atoms with van der Waals surface area (Å²) in [4.78, 5) is 2.37. The summed E-state index contributed by atoms with van der Waals surface area (Å²) in [5.74, 6) is 0. The Bertz CT molecular complexity index is 543. The van der Waals surface area contributed by atoms with Gasteiger partial charge in [0.05, 0.1) is 5.69 Å². The van der Waals surface area contributed by atoms with E-state index in [1.54, 1.807) is 12.1 Å². The van der Waals surface area contributed by atoms with Crippen molar-refractivity contribution in [1.82, 2.24) is 4.72 Å². The normalized spacial score (nSPS) is 20.2. The first kappa shape index (κ1) is 14.3. The van der Waals surface area contributed by atoms with E-state index in [1.165, 1.54) is 0 Å². The summed E-state index contributed by atoms with van der Waals surface area (Å²) in [5.41, 5.74) is 6.64. The number of sulfonamides is 1. The molecule has 1 aromatic carbocycles. The number of nitrogens with two attached hydrogens (primary N) is 1. The molecule has 19 heavy (non-hydrogen) atoms. The van der Waals surface area contributed by atoms with Crippen LogP contribution >= 0.6 is 0 Å². The minimum absolute atomic E-state index is 0.119.